The van der Waals surface area contributed by atoms with Gasteiger partial charge in [-0.05, 0) is 44.7 Å². The van der Waals surface area contributed by atoms with Crippen molar-refractivity contribution in [3.8, 4) is 0 Å². The van der Waals surface area contributed by atoms with Crippen molar-refractivity contribution in [3.05, 3.63) is 24.0 Å². The average Bonchev–Trinajstić information content (AvgIpc) is 2.21. The summed E-state index contributed by atoms with van der Waals surface area (Å²) in [4.78, 5) is 6.82. The predicted octanol–water partition coefficient (Wildman–Crippen LogP) is 3.53. The highest BCUT2D eigenvalue weighted by Crippen LogP contribution is 2.29. The summed E-state index contributed by atoms with van der Waals surface area (Å²) >= 11 is 3.51. The van der Waals surface area contributed by atoms with Crippen LogP contribution < -0.4 is 4.90 Å². The summed E-state index contributed by atoms with van der Waals surface area (Å²) in [6, 6.07) is 5.10. The molecule has 0 spiro atoms. The van der Waals surface area contributed by atoms with Gasteiger partial charge in [-0.25, -0.2) is 0 Å². The lowest BCUT2D eigenvalue weighted by Gasteiger charge is -2.39. The Balaban J connectivity index is 2.10. The number of pyridine rings is 1. The molecule has 1 aliphatic rings. The van der Waals surface area contributed by atoms with Crippen LogP contribution in [0.5, 0.6) is 0 Å². The fraction of sp³-hybridized carbons (Fsp3) is 0.615. The van der Waals surface area contributed by atoms with E-state index in [-0.39, 0.29) is 0 Å². The van der Waals surface area contributed by atoms with Gasteiger partial charge in [-0.1, -0.05) is 15.9 Å². The molecule has 0 radical (unpaired) electrons. The van der Waals surface area contributed by atoms with E-state index in [0.717, 1.165) is 23.6 Å². The summed E-state index contributed by atoms with van der Waals surface area (Å²) in [5.74, 6) is 0. The van der Waals surface area contributed by atoms with E-state index in [1.165, 1.54) is 31.4 Å². The van der Waals surface area contributed by atoms with Crippen LogP contribution in [0.2, 0.25) is 0 Å². The van der Waals surface area contributed by atoms with E-state index in [0.29, 0.717) is 0 Å². The molecule has 1 aromatic rings. The molecule has 0 atom stereocenters. The number of nitrogens with zero attached hydrogens (tertiary/aromatic N) is 2. The molecule has 2 nitrogen and oxygen atoms in total. The van der Waals surface area contributed by atoms with Gasteiger partial charge in [0.1, 0.15) is 0 Å². The van der Waals surface area contributed by atoms with Crippen LogP contribution in [0.4, 0.5) is 5.69 Å². The van der Waals surface area contributed by atoms with Gasteiger partial charge in [0.05, 0.1) is 0 Å². The molecule has 3 heteroatoms. The number of aromatic nitrogens is 1. The molecule has 2 rings (SSSR count). The second kappa shape index (κ2) is 5.67. The molecule has 1 aliphatic carbocycles. The van der Waals surface area contributed by atoms with Crippen molar-refractivity contribution >= 4 is 21.6 Å². The lowest BCUT2D eigenvalue weighted by molar-refractivity contribution is 0.386. The number of alkyl halides is 1. The summed E-state index contributed by atoms with van der Waals surface area (Å²) < 4.78 is 0. The van der Waals surface area contributed by atoms with E-state index in [1.54, 1.807) is 0 Å². The van der Waals surface area contributed by atoms with Gasteiger partial charge in [-0.2, -0.15) is 0 Å². The summed E-state index contributed by atoms with van der Waals surface area (Å²) in [6.07, 6.45) is 7.22. The Kier molecular flexibility index (Phi) is 4.22. The van der Waals surface area contributed by atoms with Crippen molar-refractivity contribution in [1.29, 1.82) is 0 Å². The van der Waals surface area contributed by atoms with Gasteiger partial charge in [0, 0.05) is 35.5 Å². The minimum Gasteiger partial charge on any atom is -0.368 e. The van der Waals surface area contributed by atoms with E-state index in [9.17, 15) is 0 Å². The average molecular weight is 283 g/mol. The van der Waals surface area contributed by atoms with E-state index < -0.39 is 0 Å². The first-order valence-corrected chi connectivity index (χ1v) is 7.18. The molecule has 1 fully saturated rings. The first kappa shape index (κ1) is 11.9. The largest absolute Gasteiger partial charge is 0.368 e. The Morgan fingerprint density at radius 1 is 1.50 bits per heavy atom. The van der Waals surface area contributed by atoms with Crippen molar-refractivity contribution in [2.75, 3.05) is 16.8 Å². The highest BCUT2D eigenvalue weighted by molar-refractivity contribution is 9.09. The standard InChI is InChI=1S/C13H19BrN2/c1-11-10-13(6-8-15-11)16(9-3-7-14)12-4-2-5-12/h6,8,10,12H,2-5,7,9H2,1H3. The monoisotopic (exact) mass is 282 g/mol. The number of aryl methyl sites for hydroxylation is 1. The van der Waals surface area contributed by atoms with Crippen LogP contribution in [0, 0.1) is 6.92 Å². The molecule has 1 aromatic heterocycles. The van der Waals surface area contributed by atoms with Crippen molar-refractivity contribution < 1.29 is 0 Å². The third-order valence-electron chi connectivity index (χ3n) is 3.26. The number of halogens is 1. The number of rotatable bonds is 5. The van der Waals surface area contributed by atoms with Crippen molar-refractivity contribution in [3.63, 3.8) is 0 Å². The molecule has 0 N–H and O–H groups in total. The van der Waals surface area contributed by atoms with Crippen LogP contribution in [-0.2, 0) is 0 Å². The summed E-state index contributed by atoms with van der Waals surface area (Å²) in [5.41, 5.74) is 2.46. The maximum absolute atomic E-state index is 4.27. The first-order chi connectivity index (χ1) is 7.81. The smallest absolute Gasteiger partial charge is 0.0402 e. The minimum atomic E-state index is 0.765. The Labute approximate surface area is 106 Å². The topological polar surface area (TPSA) is 16.1 Å². The second-order valence-corrected chi connectivity index (χ2v) is 5.27. The third-order valence-corrected chi connectivity index (χ3v) is 3.82. The van der Waals surface area contributed by atoms with Crippen molar-refractivity contribution in [1.82, 2.24) is 4.98 Å². The fourth-order valence-electron chi connectivity index (χ4n) is 2.16. The Bertz CT molecular complexity index is 336. The maximum Gasteiger partial charge on any atom is 0.0402 e. The lowest BCUT2D eigenvalue weighted by atomic mass is 9.91. The van der Waals surface area contributed by atoms with Crippen molar-refractivity contribution in [2.24, 2.45) is 0 Å². The Morgan fingerprint density at radius 3 is 2.88 bits per heavy atom. The molecule has 1 saturated carbocycles. The molecule has 0 unspecified atom stereocenters. The predicted molar refractivity (Wildman–Crippen MR) is 72.4 cm³/mol. The molecule has 0 aromatic carbocycles. The van der Waals surface area contributed by atoms with Gasteiger partial charge in [-0.15, -0.1) is 0 Å². The maximum atomic E-state index is 4.27. The van der Waals surface area contributed by atoms with E-state index in [1.807, 2.05) is 6.20 Å². The zero-order chi connectivity index (χ0) is 11.4. The SMILES string of the molecule is Cc1cc(N(CCCBr)C2CCC2)ccn1. The fourth-order valence-corrected chi connectivity index (χ4v) is 2.41. The normalized spacial score (nSPS) is 15.9. The molecule has 0 amide bonds. The van der Waals surface area contributed by atoms with Crippen LogP contribution >= 0.6 is 15.9 Å². The molecule has 88 valence electrons. The Morgan fingerprint density at radius 2 is 2.31 bits per heavy atom. The second-order valence-electron chi connectivity index (χ2n) is 4.48. The van der Waals surface area contributed by atoms with Gasteiger partial charge in [-0.3, -0.25) is 4.98 Å². The number of hydrogen-bond acceptors (Lipinski definition) is 2. The lowest BCUT2D eigenvalue weighted by Crippen LogP contribution is -2.41. The summed E-state index contributed by atoms with van der Waals surface area (Å²) in [5, 5.41) is 1.08. The molecule has 0 aliphatic heterocycles. The molecule has 1 heterocycles. The van der Waals surface area contributed by atoms with Gasteiger partial charge < -0.3 is 4.90 Å². The van der Waals surface area contributed by atoms with Gasteiger partial charge in [0.2, 0.25) is 0 Å². The molecule has 0 bridgehead atoms. The van der Waals surface area contributed by atoms with Gasteiger partial charge in [0.25, 0.3) is 0 Å². The van der Waals surface area contributed by atoms with E-state index in [2.05, 4.69) is 44.9 Å². The minimum absolute atomic E-state index is 0.765. The molecular weight excluding hydrogens is 264 g/mol. The van der Waals surface area contributed by atoms with Crippen molar-refractivity contribution in [2.45, 2.75) is 38.6 Å². The highest BCUT2D eigenvalue weighted by Gasteiger charge is 2.24. The quantitative estimate of drug-likeness (QED) is 0.768. The Hall–Kier alpha value is -0.570. The molecule has 0 saturated heterocycles. The molecule has 16 heavy (non-hydrogen) atoms. The van der Waals surface area contributed by atoms with Crippen LogP contribution in [0.1, 0.15) is 31.4 Å². The zero-order valence-corrected chi connectivity index (χ0v) is 11.4. The van der Waals surface area contributed by atoms with Gasteiger partial charge >= 0.3 is 0 Å². The third kappa shape index (κ3) is 2.76. The number of hydrogen-bond donors (Lipinski definition) is 0. The number of anilines is 1. The van der Waals surface area contributed by atoms with Crippen LogP contribution in [0.3, 0.4) is 0 Å². The van der Waals surface area contributed by atoms with Gasteiger partial charge in [0.15, 0.2) is 0 Å². The zero-order valence-electron chi connectivity index (χ0n) is 9.82. The van der Waals surface area contributed by atoms with Crippen LogP contribution in [0.15, 0.2) is 18.3 Å². The van der Waals surface area contributed by atoms with E-state index in [4.69, 9.17) is 0 Å². The summed E-state index contributed by atoms with van der Waals surface area (Å²) in [7, 11) is 0. The first-order valence-electron chi connectivity index (χ1n) is 6.06. The summed E-state index contributed by atoms with van der Waals surface area (Å²) in [6.45, 7) is 3.21. The molecular formula is C13H19BrN2. The van der Waals surface area contributed by atoms with Crippen LogP contribution in [-0.4, -0.2) is 22.9 Å². The highest BCUT2D eigenvalue weighted by atomic mass is 79.9. The van der Waals surface area contributed by atoms with Crippen LogP contribution in [0.25, 0.3) is 0 Å². The van der Waals surface area contributed by atoms with E-state index >= 15 is 0 Å².